The number of carbonyl (C=O) groups excluding carboxylic acids is 1. The molecule has 0 spiro atoms. The van der Waals surface area contributed by atoms with Gasteiger partial charge in [0.1, 0.15) is 0 Å². The lowest BCUT2D eigenvalue weighted by molar-refractivity contribution is 0.0601. The van der Waals surface area contributed by atoms with Crippen molar-refractivity contribution in [2.75, 3.05) is 12.4 Å². The summed E-state index contributed by atoms with van der Waals surface area (Å²) in [6, 6.07) is 17.1. The van der Waals surface area contributed by atoms with Gasteiger partial charge in [-0.15, -0.1) is 11.3 Å². The van der Waals surface area contributed by atoms with E-state index in [1.807, 2.05) is 47.8 Å². The molecule has 22 heavy (non-hydrogen) atoms. The number of nitrogens with zero attached hydrogens (tertiary/aromatic N) is 1. The molecule has 2 aromatic carbocycles. The Bertz CT molecular complexity index is 767. The molecule has 0 aliphatic carbocycles. The number of hydrogen-bond donors (Lipinski definition) is 1. The Morgan fingerprint density at radius 3 is 2.50 bits per heavy atom. The van der Waals surface area contributed by atoms with Crippen molar-refractivity contribution in [2.24, 2.45) is 0 Å². The quantitative estimate of drug-likeness (QED) is 0.728. The number of methoxy groups -OCH3 is 1. The van der Waals surface area contributed by atoms with Crippen LogP contribution in [-0.4, -0.2) is 18.1 Å². The fourth-order valence-electron chi connectivity index (χ4n) is 2.00. The lowest BCUT2D eigenvalue weighted by Crippen LogP contribution is -2.00. The molecule has 1 heterocycles. The third kappa shape index (κ3) is 3.15. The molecule has 0 atom stereocenters. The number of carbonyl (C=O) groups is 1. The summed E-state index contributed by atoms with van der Waals surface area (Å²) in [4.78, 5) is 16.0. The van der Waals surface area contributed by atoms with Gasteiger partial charge in [0, 0.05) is 16.6 Å². The molecule has 0 radical (unpaired) electrons. The summed E-state index contributed by atoms with van der Waals surface area (Å²) in [6.07, 6.45) is 0. The third-order valence-corrected chi connectivity index (χ3v) is 3.89. The van der Waals surface area contributed by atoms with E-state index in [4.69, 9.17) is 0 Å². The summed E-state index contributed by atoms with van der Waals surface area (Å²) in [5.41, 5.74) is 3.44. The van der Waals surface area contributed by atoms with Crippen molar-refractivity contribution in [3.05, 3.63) is 65.5 Å². The van der Waals surface area contributed by atoms with E-state index in [0.717, 1.165) is 22.1 Å². The molecule has 1 N–H and O–H groups in total. The number of anilines is 2. The van der Waals surface area contributed by atoms with Gasteiger partial charge in [0.05, 0.1) is 18.4 Å². The Morgan fingerprint density at radius 1 is 1.09 bits per heavy atom. The van der Waals surface area contributed by atoms with Crippen LogP contribution in [0.4, 0.5) is 10.8 Å². The molecule has 0 unspecified atom stereocenters. The molecular formula is C17H14N2O2S. The maximum absolute atomic E-state index is 11.4. The average Bonchev–Trinajstić information content (AvgIpc) is 3.04. The highest BCUT2D eigenvalue weighted by Gasteiger charge is 2.06. The fourth-order valence-corrected chi connectivity index (χ4v) is 2.74. The number of nitrogens with one attached hydrogen (secondary N) is 1. The summed E-state index contributed by atoms with van der Waals surface area (Å²) < 4.78 is 4.68. The molecule has 0 fully saturated rings. The van der Waals surface area contributed by atoms with Gasteiger partial charge < -0.3 is 10.1 Å². The van der Waals surface area contributed by atoms with Crippen LogP contribution < -0.4 is 5.32 Å². The van der Waals surface area contributed by atoms with Gasteiger partial charge in [0.15, 0.2) is 5.13 Å². The van der Waals surface area contributed by atoms with Gasteiger partial charge >= 0.3 is 5.97 Å². The second-order valence-corrected chi connectivity index (χ2v) is 5.46. The van der Waals surface area contributed by atoms with Gasteiger partial charge in [-0.25, -0.2) is 9.78 Å². The standard InChI is InChI=1S/C17H14N2O2S/c1-21-16(20)13-7-9-14(10-8-13)18-17-19-15(11-22-17)12-5-3-2-4-6-12/h2-11H,1H3,(H,18,19). The van der Waals surface area contributed by atoms with Gasteiger partial charge in [-0.3, -0.25) is 0 Å². The first-order valence-corrected chi connectivity index (χ1v) is 7.60. The van der Waals surface area contributed by atoms with Crippen LogP contribution in [0.25, 0.3) is 11.3 Å². The van der Waals surface area contributed by atoms with Crippen LogP contribution in [0.5, 0.6) is 0 Å². The van der Waals surface area contributed by atoms with Crippen molar-refractivity contribution in [1.29, 1.82) is 0 Å². The van der Waals surface area contributed by atoms with Crippen LogP contribution >= 0.6 is 11.3 Å². The number of thiazole rings is 1. The van der Waals surface area contributed by atoms with Crippen LogP contribution in [-0.2, 0) is 4.74 Å². The summed E-state index contributed by atoms with van der Waals surface area (Å²) in [6.45, 7) is 0. The summed E-state index contributed by atoms with van der Waals surface area (Å²) >= 11 is 1.54. The Labute approximate surface area is 132 Å². The molecule has 0 saturated heterocycles. The van der Waals surface area contributed by atoms with Gasteiger partial charge in [-0.2, -0.15) is 0 Å². The van der Waals surface area contributed by atoms with E-state index >= 15 is 0 Å². The van der Waals surface area contributed by atoms with Crippen LogP contribution in [0.2, 0.25) is 0 Å². The van der Waals surface area contributed by atoms with Gasteiger partial charge in [0.2, 0.25) is 0 Å². The zero-order valence-electron chi connectivity index (χ0n) is 11.9. The number of ether oxygens (including phenoxy) is 1. The smallest absolute Gasteiger partial charge is 0.337 e. The van der Waals surface area contributed by atoms with Crippen molar-refractivity contribution < 1.29 is 9.53 Å². The summed E-state index contributed by atoms with van der Waals surface area (Å²) in [5, 5.41) is 6.06. The van der Waals surface area contributed by atoms with Crippen molar-refractivity contribution in [2.45, 2.75) is 0 Å². The van der Waals surface area contributed by atoms with Crippen molar-refractivity contribution in [1.82, 2.24) is 4.98 Å². The molecule has 3 rings (SSSR count). The van der Waals surface area contributed by atoms with E-state index in [2.05, 4.69) is 15.0 Å². The van der Waals surface area contributed by atoms with Crippen LogP contribution in [0.1, 0.15) is 10.4 Å². The van der Waals surface area contributed by atoms with Gasteiger partial charge in [0.25, 0.3) is 0 Å². The van der Waals surface area contributed by atoms with E-state index < -0.39 is 0 Å². The first-order chi connectivity index (χ1) is 10.8. The van der Waals surface area contributed by atoms with Crippen LogP contribution in [0.3, 0.4) is 0 Å². The number of aromatic nitrogens is 1. The minimum absolute atomic E-state index is 0.341. The van der Waals surface area contributed by atoms with E-state index in [1.165, 1.54) is 7.11 Å². The molecule has 5 heteroatoms. The first kappa shape index (κ1) is 14.3. The Balaban J connectivity index is 1.74. The lowest BCUT2D eigenvalue weighted by atomic mass is 10.2. The average molecular weight is 310 g/mol. The number of rotatable bonds is 4. The van der Waals surface area contributed by atoms with E-state index in [9.17, 15) is 4.79 Å². The van der Waals surface area contributed by atoms with Gasteiger partial charge in [-0.05, 0) is 24.3 Å². The molecule has 0 aliphatic rings. The zero-order chi connectivity index (χ0) is 15.4. The minimum Gasteiger partial charge on any atom is -0.465 e. The monoisotopic (exact) mass is 310 g/mol. The predicted molar refractivity (Wildman–Crippen MR) is 88.6 cm³/mol. The predicted octanol–water partition coefficient (Wildman–Crippen LogP) is 4.34. The van der Waals surface area contributed by atoms with Crippen molar-refractivity contribution in [3.8, 4) is 11.3 Å². The normalized spacial score (nSPS) is 10.2. The molecule has 4 nitrogen and oxygen atoms in total. The molecule has 0 bridgehead atoms. The van der Waals surface area contributed by atoms with Crippen LogP contribution in [0.15, 0.2) is 60.0 Å². The Morgan fingerprint density at radius 2 is 1.82 bits per heavy atom. The van der Waals surface area contributed by atoms with Crippen molar-refractivity contribution in [3.63, 3.8) is 0 Å². The summed E-state index contributed by atoms with van der Waals surface area (Å²) in [7, 11) is 1.37. The zero-order valence-corrected chi connectivity index (χ0v) is 12.8. The number of benzene rings is 2. The molecule has 110 valence electrons. The largest absolute Gasteiger partial charge is 0.465 e. The maximum Gasteiger partial charge on any atom is 0.337 e. The second kappa shape index (κ2) is 6.41. The second-order valence-electron chi connectivity index (χ2n) is 4.60. The lowest BCUT2D eigenvalue weighted by Gasteiger charge is -2.04. The molecule has 0 aliphatic heterocycles. The number of hydrogen-bond acceptors (Lipinski definition) is 5. The van der Waals surface area contributed by atoms with Gasteiger partial charge in [-0.1, -0.05) is 30.3 Å². The van der Waals surface area contributed by atoms with E-state index in [1.54, 1.807) is 23.5 Å². The molecule has 0 amide bonds. The van der Waals surface area contributed by atoms with E-state index in [0.29, 0.717) is 5.56 Å². The Kier molecular flexibility index (Phi) is 4.16. The molecule has 0 saturated carbocycles. The highest BCUT2D eigenvalue weighted by Crippen LogP contribution is 2.27. The Hall–Kier alpha value is -2.66. The first-order valence-electron chi connectivity index (χ1n) is 6.72. The van der Waals surface area contributed by atoms with E-state index in [-0.39, 0.29) is 5.97 Å². The molecule has 3 aromatic rings. The SMILES string of the molecule is COC(=O)c1ccc(Nc2nc(-c3ccccc3)cs2)cc1. The highest BCUT2D eigenvalue weighted by molar-refractivity contribution is 7.14. The minimum atomic E-state index is -0.341. The maximum atomic E-state index is 11.4. The summed E-state index contributed by atoms with van der Waals surface area (Å²) in [5.74, 6) is -0.341. The van der Waals surface area contributed by atoms with Crippen molar-refractivity contribution >= 4 is 28.1 Å². The van der Waals surface area contributed by atoms with Crippen LogP contribution in [0, 0.1) is 0 Å². The molecule has 1 aromatic heterocycles. The topological polar surface area (TPSA) is 51.2 Å². The number of esters is 1. The molecular weight excluding hydrogens is 296 g/mol. The fraction of sp³-hybridized carbons (Fsp3) is 0.0588. The highest BCUT2D eigenvalue weighted by atomic mass is 32.1. The third-order valence-electron chi connectivity index (χ3n) is 3.13.